The van der Waals surface area contributed by atoms with Crippen molar-refractivity contribution in [1.29, 1.82) is 5.26 Å². The van der Waals surface area contributed by atoms with Gasteiger partial charge in [0.15, 0.2) is 0 Å². The maximum Gasteiger partial charge on any atom is 0.348 e. The van der Waals surface area contributed by atoms with E-state index in [1.54, 1.807) is 12.1 Å². The lowest BCUT2D eigenvalue weighted by molar-refractivity contribution is -0.138. The lowest BCUT2D eigenvalue weighted by atomic mass is 10.1. The fraction of sp³-hybridized carbons (Fsp3) is 0.375. The SMILES string of the molecule is CCCCOC(=O)/C(C#N)=C\c1cccc(OCC)c1. The van der Waals surface area contributed by atoms with Gasteiger partial charge < -0.3 is 9.47 Å². The van der Waals surface area contributed by atoms with Gasteiger partial charge >= 0.3 is 5.97 Å². The normalized spacial score (nSPS) is 10.8. The van der Waals surface area contributed by atoms with E-state index in [0.29, 0.717) is 19.0 Å². The third-order valence-electron chi connectivity index (χ3n) is 2.55. The highest BCUT2D eigenvalue weighted by atomic mass is 16.5. The van der Waals surface area contributed by atoms with E-state index in [4.69, 9.17) is 14.7 Å². The van der Waals surface area contributed by atoms with Gasteiger partial charge in [-0.25, -0.2) is 4.79 Å². The highest BCUT2D eigenvalue weighted by Gasteiger charge is 2.10. The first-order chi connectivity index (χ1) is 9.71. The Morgan fingerprint density at radius 2 is 2.20 bits per heavy atom. The standard InChI is InChI=1S/C16H19NO3/c1-3-5-9-20-16(18)14(12-17)10-13-7-6-8-15(11-13)19-4-2/h6-8,10-11H,3-5,9H2,1-2H3/b14-10-. The molecule has 4 nitrogen and oxygen atoms in total. The predicted octanol–water partition coefficient (Wildman–Crippen LogP) is 3.34. The first kappa shape index (κ1) is 15.8. The van der Waals surface area contributed by atoms with E-state index in [1.165, 1.54) is 6.08 Å². The Balaban J connectivity index is 2.80. The van der Waals surface area contributed by atoms with Gasteiger partial charge in [-0.15, -0.1) is 0 Å². The van der Waals surface area contributed by atoms with Crippen molar-refractivity contribution >= 4 is 12.0 Å². The van der Waals surface area contributed by atoms with Crippen LogP contribution in [0, 0.1) is 11.3 Å². The number of benzene rings is 1. The molecular formula is C16H19NO3. The molecule has 0 aliphatic carbocycles. The summed E-state index contributed by atoms with van der Waals surface area (Å²) in [5.74, 6) is 0.126. The van der Waals surface area contributed by atoms with Crippen LogP contribution in [-0.4, -0.2) is 19.2 Å². The van der Waals surface area contributed by atoms with Crippen LogP contribution in [0.2, 0.25) is 0 Å². The Morgan fingerprint density at radius 1 is 1.40 bits per heavy atom. The third kappa shape index (κ3) is 5.15. The summed E-state index contributed by atoms with van der Waals surface area (Å²) in [6, 6.07) is 9.10. The summed E-state index contributed by atoms with van der Waals surface area (Å²) < 4.78 is 10.4. The van der Waals surface area contributed by atoms with Crippen molar-refractivity contribution in [2.75, 3.05) is 13.2 Å². The summed E-state index contributed by atoms with van der Waals surface area (Å²) in [5, 5.41) is 9.04. The molecule has 4 heteroatoms. The van der Waals surface area contributed by atoms with Crippen LogP contribution in [0.25, 0.3) is 6.08 Å². The van der Waals surface area contributed by atoms with Crippen LogP contribution in [0.5, 0.6) is 5.75 Å². The number of ether oxygens (including phenoxy) is 2. The molecule has 1 rings (SSSR count). The minimum atomic E-state index is -0.581. The molecule has 20 heavy (non-hydrogen) atoms. The molecular weight excluding hydrogens is 254 g/mol. The molecule has 0 unspecified atom stereocenters. The molecule has 0 radical (unpaired) electrons. The summed E-state index contributed by atoms with van der Waals surface area (Å²) in [6.07, 6.45) is 3.25. The van der Waals surface area contributed by atoms with Gasteiger partial charge in [0.05, 0.1) is 13.2 Å². The van der Waals surface area contributed by atoms with Crippen molar-refractivity contribution in [3.8, 4) is 11.8 Å². The quantitative estimate of drug-likeness (QED) is 0.331. The Morgan fingerprint density at radius 3 is 2.85 bits per heavy atom. The molecule has 0 fully saturated rings. The third-order valence-corrected chi connectivity index (χ3v) is 2.55. The number of carbonyl (C=O) groups is 1. The Labute approximate surface area is 119 Å². The van der Waals surface area contributed by atoms with E-state index in [2.05, 4.69) is 0 Å². The smallest absolute Gasteiger partial charge is 0.348 e. The molecule has 1 aromatic carbocycles. The maximum absolute atomic E-state index is 11.7. The van der Waals surface area contributed by atoms with Crippen LogP contribution in [-0.2, 0) is 9.53 Å². The number of esters is 1. The molecule has 0 aliphatic heterocycles. The van der Waals surface area contributed by atoms with Crippen molar-refractivity contribution in [2.24, 2.45) is 0 Å². The van der Waals surface area contributed by atoms with Gasteiger partial charge in [-0.2, -0.15) is 5.26 Å². The molecule has 0 atom stereocenters. The van der Waals surface area contributed by atoms with Crippen LogP contribution < -0.4 is 4.74 Å². The maximum atomic E-state index is 11.7. The first-order valence-electron chi connectivity index (χ1n) is 6.73. The van der Waals surface area contributed by atoms with Gasteiger partial charge in [0.2, 0.25) is 0 Å². The van der Waals surface area contributed by atoms with Crippen LogP contribution in [0.15, 0.2) is 29.8 Å². The molecule has 1 aromatic rings. The summed E-state index contributed by atoms with van der Waals surface area (Å²) in [4.78, 5) is 11.7. The average molecular weight is 273 g/mol. The summed E-state index contributed by atoms with van der Waals surface area (Å²) in [5.41, 5.74) is 0.731. The number of rotatable bonds is 7. The molecule has 0 spiro atoms. The Kier molecular flexibility index (Phi) is 6.91. The molecule has 0 amide bonds. The highest BCUT2D eigenvalue weighted by molar-refractivity contribution is 5.97. The molecule has 0 aromatic heterocycles. The Bertz CT molecular complexity index is 515. The number of nitrogens with zero attached hydrogens (tertiary/aromatic N) is 1. The highest BCUT2D eigenvalue weighted by Crippen LogP contribution is 2.16. The topological polar surface area (TPSA) is 59.3 Å². The van der Waals surface area contributed by atoms with Gasteiger partial charge in [-0.1, -0.05) is 25.5 Å². The first-order valence-corrected chi connectivity index (χ1v) is 6.73. The van der Waals surface area contributed by atoms with Crippen LogP contribution in [0.3, 0.4) is 0 Å². The summed E-state index contributed by atoms with van der Waals surface area (Å²) in [7, 11) is 0. The minimum Gasteiger partial charge on any atom is -0.494 e. The average Bonchev–Trinajstić information content (AvgIpc) is 2.45. The van der Waals surface area contributed by atoms with Crippen LogP contribution in [0.4, 0.5) is 0 Å². The van der Waals surface area contributed by atoms with Crippen molar-refractivity contribution in [1.82, 2.24) is 0 Å². The van der Waals surface area contributed by atoms with Gasteiger partial charge in [0.25, 0.3) is 0 Å². The van der Waals surface area contributed by atoms with E-state index >= 15 is 0 Å². The summed E-state index contributed by atoms with van der Waals surface area (Å²) in [6.45, 7) is 4.81. The fourth-order valence-corrected chi connectivity index (χ4v) is 1.55. The number of nitriles is 1. The van der Waals surface area contributed by atoms with Crippen LogP contribution >= 0.6 is 0 Å². The molecule has 0 saturated heterocycles. The lowest BCUT2D eigenvalue weighted by Crippen LogP contribution is -2.07. The van der Waals surface area contributed by atoms with Crippen molar-refractivity contribution in [2.45, 2.75) is 26.7 Å². The largest absolute Gasteiger partial charge is 0.494 e. The number of hydrogen-bond acceptors (Lipinski definition) is 4. The minimum absolute atomic E-state index is 0.00486. The van der Waals surface area contributed by atoms with Gasteiger partial charge in [0.1, 0.15) is 17.4 Å². The Hall–Kier alpha value is -2.28. The molecule has 0 heterocycles. The number of hydrogen-bond donors (Lipinski definition) is 0. The zero-order chi connectivity index (χ0) is 14.8. The molecule has 0 saturated carbocycles. The molecule has 0 N–H and O–H groups in total. The van der Waals surface area contributed by atoms with Gasteiger partial charge in [0, 0.05) is 0 Å². The van der Waals surface area contributed by atoms with Crippen molar-refractivity contribution in [3.63, 3.8) is 0 Å². The number of carbonyl (C=O) groups excluding carboxylic acids is 1. The predicted molar refractivity (Wildman–Crippen MR) is 77.1 cm³/mol. The second-order valence-corrected chi connectivity index (χ2v) is 4.16. The zero-order valence-electron chi connectivity index (χ0n) is 11.9. The monoisotopic (exact) mass is 273 g/mol. The van der Waals surface area contributed by atoms with E-state index in [9.17, 15) is 4.79 Å². The molecule has 0 bridgehead atoms. The van der Waals surface area contributed by atoms with E-state index in [1.807, 2.05) is 32.0 Å². The molecule has 0 aliphatic rings. The van der Waals surface area contributed by atoms with Gasteiger partial charge in [-0.3, -0.25) is 0 Å². The van der Waals surface area contributed by atoms with E-state index < -0.39 is 5.97 Å². The van der Waals surface area contributed by atoms with Crippen molar-refractivity contribution in [3.05, 3.63) is 35.4 Å². The summed E-state index contributed by atoms with van der Waals surface area (Å²) >= 11 is 0. The van der Waals surface area contributed by atoms with Crippen molar-refractivity contribution < 1.29 is 14.3 Å². The zero-order valence-corrected chi connectivity index (χ0v) is 11.9. The van der Waals surface area contributed by atoms with E-state index in [-0.39, 0.29) is 5.57 Å². The second kappa shape index (κ2) is 8.76. The van der Waals surface area contributed by atoms with Gasteiger partial charge in [-0.05, 0) is 37.1 Å². The fourth-order valence-electron chi connectivity index (χ4n) is 1.55. The molecule has 106 valence electrons. The van der Waals surface area contributed by atoms with Crippen LogP contribution in [0.1, 0.15) is 32.3 Å². The van der Waals surface area contributed by atoms with E-state index in [0.717, 1.165) is 18.4 Å². The second-order valence-electron chi connectivity index (χ2n) is 4.16. The number of unbranched alkanes of at least 4 members (excludes halogenated alkanes) is 1. The lowest BCUT2D eigenvalue weighted by Gasteiger charge is -2.04.